The summed E-state index contributed by atoms with van der Waals surface area (Å²) >= 11 is 3.49. The van der Waals surface area contributed by atoms with Gasteiger partial charge in [-0.1, -0.05) is 15.9 Å². The highest BCUT2D eigenvalue weighted by atomic mass is 79.9. The van der Waals surface area contributed by atoms with Gasteiger partial charge >= 0.3 is 0 Å². The lowest BCUT2D eigenvalue weighted by Crippen LogP contribution is -1.98. The molecule has 0 aliphatic carbocycles. The highest BCUT2D eigenvalue weighted by molar-refractivity contribution is 9.10. The van der Waals surface area contributed by atoms with Crippen LogP contribution >= 0.6 is 15.9 Å². The van der Waals surface area contributed by atoms with E-state index in [1.165, 1.54) is 17.7 Å². The molecule has 1 aliphatic rings. The zero-order chi connectivity index (χ0) is 13.2. The zero-order valence-electron chi connectivity index (χ0n) is 10.2. The smallest absolute Gasteiger partial charge is 0.129 e. The fraction of sp³-hybridized carbons (Fsp3) is 0.200. The van der Waals surface area contributed by atoms with E-state index in [0.717, 1.165) is 28.8 Å². The molecular weight excluding hydrogens is 311 g/mol. The van der Waals surface area contributed by atoms with Gasteiger partial charge in [0.1, 0.15) is 23.9 Å². The van der Waals surface area contributed by atoms with Crippen molar-refractivity contribution < 1.29 is 13.9 Å². The summed E-state index contributed by atoms with van der Waals surface area (Å²) in [6.45, 7) is 1.13. The summed E-state index contributed by atoms with van der Waals surface area (Å²) in [5, 5.41) is 0. The summed E-state index contributed by atoms with van der Waals surface area (Å²) in [5.41, 5.74) is 2.21. The molecule has 0 bridgehead atoms. The molecule has 0 fully saturated rings. The second-order valence-corrected chi connectivity index (χ2v) is 5.31. The maximum atomic E-state index is 12.8. The predicted octanol–water partition coefficient (Wildman–Crippen LogP) is 4.10. The van der Waals surface area contributed by atoms with E-state index in [4.69, 9.17) is 9.47 Å². The molecule has 0 saturated heterocycles. The van der Waals surface area contributed by atoms with Crippen LogP contribution < -0.4 is 9.47 Å². The molecule has 0 unspecified atom stereocenters. The van der Waals surface area contributed by atoms with Gasteiger partial charge in [0.25, 0.3) is 0 Å². The summed E-state index contributed by atoms with van der Waals surface area (Å²) in [7, 11) is 0. The number of rotatable bonds is 3. The molecule has 2 aromatic carbocycles. The Balaban J connectivity index is 1.78. The van der Waals surface area contributed by atoms with E-state index < -0.39 is 0 Å². The van der Waals surface area contributed by atoms with E-state index in [9.17, 15) is 4.39 Å². The third kappa shape index (κ3) is 2.73. The van der Waals surface area contributed by atoms with Crippen molar-refractivity contribution in [2.45, 2.75) is 13.0 Å². The van der Waals surface area contributed by atoms with Crippen LogP contribution in [0, 0.1) is 5.82 Å². The lowest BCUT2D eigenvalue weighted by molar-refractivity contribution is 0.291. The van der Waals surface area contributed by atoms with Crippen molar-refractivity contribution in [1.29, 1.82) is 0 Å². The van der Waals surface area contributed by atoms with Gasteiger partial charge in [0.2, 0.25) is 0 Å². The minimum absolute atomic E-state index is 0.265. The Hall–Kier alpha value is -1.55. The van der Waals surface area contributed by atoms with E-state index in [2.05, 4.69) is 22.0 Å². The standard InChI is InChI=1S/C15H12BrFO2/c16-12-7-10-5-6-18-15(10)11(8-12)9-19-14-3-1-13(17)2-4-14/h1-4,7-8H,5-6,9H2. The molecule has 4 heteroatoms. The highest BCUT2D eigenvalue weighted by Crippen LogP contribution is 2.33. The van der Waals surface area contributed by atoms with E-state index in [0.29, 0.717) is 12.4 Å². The second-order valence-electron chi connectivity index (χ2n) is 4.39. The third-order valence-electron chi connectivity index (χ3n) is 3.03. The molecule has 98 valence electrons. The van der Waals surface area contributed by atoms with Gasteiger partial charge in [-0.3, -0.25) is 0 Å². The first-order valence-corrected chi connectivity index (χ1v) is 6.84. The quantitative estimate of drug-likeness (QED) is 0.847. The van der Waals surface area contributed by atoms with E-state index in [-0.39, 0.29) is 5.82 Å². The molecule has 0 N–H and O–H groups in total. The summed E-state index contributed by atoms with van der Waals surface area (Å²) in [5.74, 6) is 1.30. The lowest BCUT2D eigenvalue weighted by Gasteiger charge is -2.10. The van der Waals surface area contributed by atoms with Gasteiger partial charge in [0, 0.05) is 16.5 Å². The molecule has 3 rings (SSSR count). The number of benzene rings is 2. The number of fused-ring (bicyclic) bond motifs is 1. The number of ether oxygens (including phenoxy) is 2. The maximum absolute atomic E-state index is 12.8. The fourth-order valence-electron chi connectivity index (χ4n) is 2.15. The van der Waals surface area contributed by atoms with Gasteiger partial charge in [0.05, 0.1) is 6.61 Å². The van der Waals surface area contributed by atoms with E-state index in [1.54, 1.807) is 12.1 Å². The van der Waals surface area contributed by atoms with Gasteiger partial charge in [-0.2, -0.15) is 0 Å². The van der Waals surface area contributed by atoms with Crippen molar-refractivity contribution in [3.8, 4) is 11.5 Å². The minimum Gasteiger partial charge on any atom is -0.493 e. The zero-order valence-corrected chi connectivity index (χ0v) is 11.7. The van der Waals surface area contributed by atoms with Gasteiger partial charge in [-0.15, -0.1) is 0 Å². The van der Waals surface area contributed by atoms with Gasteiger partial charge < -0.3 is 9.47 Å². The molecule has 0 aromatic heterocycles. The van der Waals surface area contributed by atoms with Gasteiger partial charge in [-0.25, -0.2) is 4.39 Å². The van der Waals surface area contributed by atoms with E-state index in [1.807, 2.05) is 6.07 Å². The first-order valence-electron chi connectivity index (χ1n) is 6.05. The average molecular weight is 323 g/mol. The Labute approximate surface area is 119 Å². The van der Waals surface area contributed by atoms with Crippen LogP contribution in [0.1, 0.15) is 11.1 Å². The molecule has 1 heterocycles. The Bertz CT molecular complexity index is 596. The van der Waals surface area contributed by atoms with Crippen LogP contribution in [-0.2, 0) is 13.0 Å². The molecule has 19 heavy (non-hydrogen) atoms. The molecule has 0 amide bonds. The van der Waals surface area contributed by atoms with Gasteiger partial charge in [-0.05, 0) is 42.0 Å². The fourth-order valence-corrected chi connectivity index (χ4v) is 2.70. The molecule has 0 saturated carbocycles. The predicted molar refractivity (Wildman–Crippen MR) is 74.1 cm³/mol. The van der Waals surface area contributed by atoms with Gasteiger partial charge in [0.15, 0.2) is 0 Å². The number of hydrogen-bond acceptors (Lipinski definition) is 2. The van der Waals surface area contributed by atoms with Crippen molar-refractivity contribution >= 4 is 15.9 Å². The monoisotopic (exact) mass is 322 g/mol. The number of halogens is 2. The average Bonchev–Trinajstić information content (AvgIpc) is 2.85. The molecule has 2 aromatic rings. The Morgan fingerprint density at radius 3 is 2.79 bits per heavy atom. The van der Waals surface area contributed by atoms with Crippen LogP contribution in [0.4, 0.5) is 4.39 Å². The Kier molecular flexibility index (Phi) is 3.42. The van der Waals surface area contributed by atoms with Crippen molar-refractivity contribution in [3.63, 3.8) is 0 Å². The molecule has 0 atom stereocenters. The Morgan fingerprint density at radius 1 is 1.21 bits per heavy atom. The van der Waals surface area contributed by atoms with Crippen LogP contribution in [-0.4, -0.2) is 6.61 Å². The lowest BCUT2D eigenvalue weighted by atomic mass is 10.1. The van der Waals surface area contributed by atoms with Crippen LogP contribution in [0.15, 0.2) is 40.9 Å². The number of hydrogen-bond donors (Lipinski definition) is 0. The van der Waals surface area contributed by atoms with Crippen LogP contribution in [0.3, 0.4) is 0 Å². The summed E-state index contributed by atoms with van der Waals surface area (Å²) in [6.07, 6.45) is 0.929. The second kappa shape index (κ2) is 5.21. The third-order valence-corrected chi connectivity index (χ3v) is 3.49. The first kappa shape index (κ1) is 12.5. The Morgan fingerprint density at radius 2 is 2.00 bits per heavy atom. The van der Waals surface area contributed by atoms with Crippen molar-refractivity contribution in [2.75, 3.05) is 6.61 Å². The summed E-state index contributed by atoms with van der Waals surface area (Å²) < 4.78 is 25.1. The molecule has 2 nitrogen and oxygen atoms in total. The van der Waals surface area contributed by atoms with Crippen molar-refractivity contribution in [3.05, 3.63) is 57.8 Å². The molecule has 0 spiro atoms. The normalized spacial score (nSPS) is 12.9. The first-order chi connectivity index (χ1) is 9.22. The minimum atomic E-state index is -0.265. The molecule has 1 aliphatic heterocycles. The van der Waals surface area contributed by atoms with Crippen LogP contribution in [0.2, 0.25) is 0 Å². The maximum Gasteiger partial charge on any atom is 0.129 e. The summed E-state index contributed by atoms with van der Waals surface area (Å²) in [6, 6.07) is 10.1. The largest absolute Gasteiger partial charge is 0.493 e. The van der Waals surface area contributed by atoms with Crippen LogP contribution in [0.25, 0.3) is 0 Å². The summed E-state index contributed by atoms with van der Waals surface area (Å²) in [4.78, 5) is 0. The van der Waals surface area contributed by atoms with E-state index >= 15 is 0 Å². The molecule has 0 radical (unpaired) electrons. The van der Waals surface area contributed by atoms with Crippen LogP contribution in [0.5, 0.6) is 11.5 Å². The topological polar surface area (TPSA) is 18.5 Å². The molecular formula is C15H12BrFO2. The highest BCUT2D eigenvalue weighted by Gasteiger charge is 2.17. The SMILES string of the molecule is Fc1ccc(OCc2cc(Br)cc3c2OCC3)cc1. The van der Waals surface area contributed by atoms with Crippen molar-refractivity contribution in [2.24, 2.45) is 0 Å². The van der Waals surface area contributed by atoms with Crippen molar-refractivity contribution in [1.82, 2.24) is 0 Å².